The van der Waals surface area contributed by atoms with E-state index in [9.17, 15) is 14.7 Å². The van der Waals surface area contributed by atoms with Gasteiger partial charge in [0.15, 0.2) is 6.10 Å². The van der Waals surface area contributed by atoms with Gasteiger partial charge >= 0.3 is 24.0 Å². The quantitative estimate of drug-likeness (QED) is 0.615. The number of aliphatic hydroxyl groups is 1. The number of ether oxygens (including phenoxy) is 2. The van der Waals surface area contributed by atoms with E-state index in [1.807, 2.05) is 0 Å². The van der Waals surface area contributed by atoms with Crippen LogP contribution in [0.1, 0.15) is 6.42 Å². The van der Waals surface area contributed by atoms with Crippen LogP contribution in [0, 0.1) is 0 Å². The molecule has 19 heavy (non-hydrogen) atoms. The minimum Gasteiger partial charge on any atom is -0.392 e. The van der Waals surface area contributed by atoms with Gasteiger partial charge in [0.05, 0.1) is 6.42 Å². The number of imidazole rings is 2. The number of nitrogens with one attached hydrogen (secondary N) is 2. The molecule has 2 heterocycles. The van der Waals surface area contributed by atoms with Crippen molar-refractivity contribution >= 4 is 11.9 Å². The number of rotatable bonds is 5. The van der Waals surface area contributed by atoms with Gasteiger partial charge in [0, 0.05) is 24.8 Å². The number of carbonyl (C=O) groups is 2. The lowest BCUT2D eigenvalue weighted by Crippen LogP contribution is -2.30. The molecule has 0 radical (unpaired) electrons. The molecule has 0 aliphatic rings. The second-order valence-corrected chi connectivity index (χ2v) is 3.40. The van der Waals surface area contributed by atoms with Crippen LogP contribution >= 0.6 is 0 Å². The van der Waals surface area contributed by atoms with E-state index < -0.39 is 24.5 Å². The summed E-state index contributed by atoms with van der Waals surface area (Å²) in [5, 5.41) is 9.47. The summed E-state index contributed by atoms with van der Waals surface area (Å²) in [7, 11) is 0. The molecule has 1 atom stereocenters. The topological polar surface area (TPSA) is 130 Å². The summed E-state index contributed by atoms with van der Waals surface area (Å²) >= 11 is 0. The minimum atomic E-state index is -1.65. The Hall–Kier alpha value is -2.68. The van der Waals surface area contributed by atoms with Crippen LogP contribution < -0.4 is 9.47 Å². The summed E-state index contributed by atoms with van der Waals surface area (Å²) in [6.07, 6.45) is 3.47. The Bertz CT molecular complexity index is 536. The lowest BCUT2D eigenvalue weighted by molar-refractivity contribution is -0.150. The average Bonchev–Trinajstić information content (AvgIpc) is 3.01. The number of aromatic nitrogens is 4. The molecule has 0 saturated carbocycles. The number of H-pyrrole nitrogens is 2. The molecule has 0 aliphatic heterocycles. The highest BCUT2D eigenvalue weighted by atomic mass is 16.6. The molecule has 1 unspecified atom stereocenters. The highest BCUT2D eigenvalue weighted by Gasteiger charge is 2.23. The second-order valence-electron chi connectivity index (χ2n) is 3.40. The summed E-state index contributed by atoms with van der Waals surface area (Å²) < 4.78 is 9.38. The molecule has 0 aliphatic carbocycles. The number of nitrogens with zero attached hydrogens (tertiary/aromatic N) is 2. The van der Waals surface area contributed by atoms with Crippen LogP contribution in [0.2, 0.25) is 0 Å². The number of aliphatic hydroxyl groups excluding tert-OH is 1. The van der Waals surface area contributed by atoms with Gasteiger partial charge in [-0.3, -0.25) is 4.79 Å². The van der Waals surface area contributed by atoms with Gasteiger partial charge in [0.2, 0.25) is 0 Å². The third-order valence-corrected chi connectivity index (χ3v) is 1.99. The van der Waals surface area contributed by atoms with Crippen LogP contribution in [0.25, 0.3) is 0 Å². The second kappa shape index (κ2) is 5.78. The third kappa shape index (κ3) is 3.64. The van der Waals surface area contributed by atoms with Crippen molar-refractivity contribution in [1.29, 1.82) is 0 Å². The fraction of sp³-hybridized carbons (Fsp3) is 0.200. The summed E-state index contributed by atoms with van der Waals surface area (Å²) in [5.74, 6) is -1.83. The van der Waals surface area contributed by atoms with E-state index in [1.165, 1.54) is 24.8 Å². The Morgan fingerprint density at radius 2 is 1.74 bits per heavy atom. The van der Waals surface area contributed by atoms with Crippen molar-refractivity contribution in [3.05, 3.63) is 24.8 Å². The van der Waals surface area contributed by atoms with Crippen molar-refractivity contribution in [2.45, 2.75) is 12.5 Å². The fourth-order valence-corrected chi connectivity index (χ4v) is 1.17. The lowest BCUT2D eigenvalue weighted by atomic mass is 10.2. The Morgan fingerprint density at radius 3 is 2.26 bits per heavy atom. The Kier molecular flexibility index (Phi) is 3.88. The Morgan fingerprint density at radius 1 is 1.16 bits per heavy atom. The van der Waals surface area contributed by atoms with Gasteiger partial charge in [-0.2, -0.15) is 0 Å². The molecule has 2 aromatic heterocycles. The summed E-state index contributed by atoms with van der Waals surface area (Å²) in [5.41, 5.74) is 0. The van der Waals surface area contributed by atoms with Crippen molar-refractivity contribution in [3.8, 4) is 12.0 Å². The standard InChI is InChI=1S/C10H10N4O5/c15-6(8(17)19-10-13-3-4-14-10)5-7(16)18-9-11-1-2-12-9/h1-4,6,15H,5H2,(H,11,12)(H,13,14). The summed E-state index contributed by atoms with van der Waals surface area (Å²) in [4.78, 5) is 35.1. The van der Waals surface area contributed by atoms with E-state index in [-0.39, 0.29) is 12.0 Å². The third-order valence-electron chi connectivity index (χ3n) is 1.99. The van der Waals surface area contributed by atoms with E-state index in [0.29, 0.717) is 0 Å². The van der Waals surface area contributed by atoms with Gasteiger partial charge in [-0.25, -0.2) is 14.8 Å². The van der Waals surface area contributed by atoms with Gasteiger partial charge in [0.1, 0.15) is 0 Å². The molecule has 0 spiro atoms. The maximum absolute atomic E-state index is 11.4. The Labute approximate surface area is 106 Å². The molecule has 2 rings (SSSR count). The first-order valence-corrected chi connectivity index (χ1v) is 5.24. The zero-order valence-electron chi connectivity index (χ0n) is 9.57. The molecule has 9 nitrogen and oxygen atoms in total. The van der Waals surface area contributed by atoms with E-state index in [4.69, 9.17) is 4.74 Å². The molecule has 0 bridgehead atoms. The molecule has 2 aromatic rings. The number of aromatic amines is 2. The first kappa shape index (κ1) is 12.8. The smallest absolute Gasteiger partial charge is 0.343 e. The van der Waals surface area contributed by atoms with Crippen molar-refractivity contribution in [2.24, 2.45) is 0 Å². The maximum atomic E-state index is 11.4. The molecular formula is C10H10N4O5. The largest absolute Gasteiger partial charge is 0.392 e. The predicted molar refractivity (Wildman–Crippen MR) is 59.1 cm³/mol. The van der Waals surface area contributed by atoms with Gasteiger partial charge in [0.25, 0.3) is 0 Å². The van der Waals surface area contributed by atoms with Gasteiger partial charge < -0.3 is 24.5 Å². The minimum absolute atomic E-state index is 0.0170. The number of esters is 2. The van der Waals surface area contributed by atoms with Crippen LogP contribution in [-0.4, -0.2) is 43.1 Å². The van der Waals surface area contributed by atoms with E-state index in [2.05, 4.69) is 24.7 Å². The molecular weight excluding hydrogens is 256 g/mol. The Balaban J connectivity index is 1.81. The first-order valence-electron chi connectivity index (χ1n) is 5.24. The zero-order valence-corrected chi connectivity index (χ0v) is 9.57. The fourth-order valence-electron chi connectivity index (χ4n) is 1.17. The SMILES string of the molecule is O=C(CC(O)C(=O)Oc1ncc[nH]1)Oc1ncc[nH]1. The molecule has 0 saturated heterocycles. The van der Waals surface area contributed by atoms with Crippen molar-refractivity contribution in [1.82, 2.24) is 19.9 Å². The van der Waals surface area contributed by atoms with Crippen LogP contribution in [-0.2, 0) is 9.59 Å². The lowest BCUT2D eigenvalue weighted by Gasteiger charge is -2.07. The van der Waals surface area contributed by atoms with E-state index in [0.717, 1.165) is 0 Å². The summed E-state index contributed by atoms with van der Waals surface area (Å²) in [6, 6.07) is -0.0833. The number of hydrogen-bond donors (Lipinski definition) is 3. The van der Waals surface area contributed by atoms with Gasteiger partial charge in [-0.1, -0.05) is 0 Å². The molecule has 0 amide bonds. The molecule has 9 heteroatoms. The number of hydrogen-bond acceptors (Lipinski definition) is 7. The highest BCUT2D eigenvalue weighted by Crippen LogP contribution is 2.05. The van der Waals surface area contributed by atoms with E-state index >= 15 is 0 Å². The molecule has 3 N–H and O–H groups in total. The van der Waals surface area contributed by atoms with Crippen LogP contribution in [0.15, 0.2) is 24.8 Å². The maximum Gasteiger partial charge on any atom is 0.343 e. The van der Waals surface area contributed by atoms with Crippen LogP contribution in [0.4, 0.5) is 0 Å². The molecule has 100 valence electrons. The normalized spacial score (nSPS) is 11.8. The average molecular weight is 266 g/mol. The first-order chi connectivity index (χ1) is 9.15. The van der Waals surface area contributed by atoms with Crippen molar-refractivity contribution in [3.63, 3.8) is 0 Å². The van der Waals surface area contributed by atoms with Crippen LogP contribution in [0.3, 0.4) is 0 Å². The van der Waals surface area contributed by atoms with Gasteiger partial charge in [-0.05, 0) is 0 Å². The zero-order chi connectivity index (χ0) is 13.7. The molecule has 0 aromatic carbocycles. The summed E-state index contributed by atoms with van der Waals surface area (Å²) in [6.45, 7) is 0. The van der Waals surface area contributed by atoms with Crippen LogP contribution in [0.5, 0.6) is 12.0 Å². The monoisotopic (exact) mass is 266 g/mol. The van der Waals surface area contributed by atoms with E-state index in [1.54, 1.807) is 0 Å². The predicted octanol–water partition coefficient (Wildman–Crippen LogP) is -0.605. The van der Waals surface area contributed by atoms with Crippen molar-refractivity contribution < 1.29 is 24.2 Å². The van der Waals surface area contributed by atoms with Gasteiger partial charge in [-0.15, -0.1) is 0 Å². The molecule has 0 fully saturated rings. The highest BCUT2D eigenvalue weighted by molar-refractivity contribution is 5.83. The number of carbonyl (C=O) groups excluding carboxylic acids is 2. The van der Waals surface area contributed by atoms with Crippen molar-refractivity contribution in [2.75, 3.05) is 0 Å².